The van der Waals surface area contributed by atoms with Crippen LogP contribution in [0.2, 0.25) is 0 Å². The Morgan fingerprint density at radius 3 is 2.64 bits per heavy atom. The van der Waals surface area contributed by atoms with Crippen LogP contribution in [0.3, 0.4) is 0 Å². The van der Waals surface area contributed by atoms with Crippen LogP contribution in [0.1, 0.15) is 29.5 Å². The summed E-state index contributed by atoms with van der Waals surface area (Å²) in [5.74, 6) is -0.459. The molecule has 1 atom stereocenters. The highest BCUT2D eigenvalue weighted by Crippen LogP contribution is 2.24. The van der Waals surface area contributed by atoms with Gasteiger partial charge in [-0.2, -0.15) is 0 Å². The molecule has 1 aliphatic heterocycles. The summed E-state index contributed by atoms with van der Waals surface area (Å²) in [6.07, 6.45) is 0.574. The molecule has 1 aromatic heterocycles. The van der Waals surface area contributed by atoms with Gasteiger partial charge in [0.1, 0.15) is 12.2 Å². The molecule has 0 aliphatic carbocycles. The second kappa shape index (κ2) is 6.63. The van der Waals surface area contributed by atoms with Crippen molar-refractivity contribution >= 4 is 26.8 Å². The normalized spacial score (nSPS) is 19.2. The van der Waals surface area contributed by atoms with Gasteiger partial charge in [-0.25, -0.2) is 13.2 Å². The number of carbonyl (C=O) groups is 1. The molecule has 2 aromatic rings. The van der Waals surface area contributed by atoms with Crippen molar-refractivity contribution in [3.63, 3.8) is 0 Å². The molecule has 1 aromatic carbocycles. The van der Waals surface area contributed by atoms with E-state index in [0.717, 1.165) is 16.5 Å². The van der Waals surface area contributed by atoms with Gasteiger partial charge < -0.3 is 9.15 Å². The quantitative estimate of drug-likeness (QED) is 0.611. The third-order valence-corrected chi connectivity index (χ3v) is 6.45. The second-order valence-corrected chi connectivity index (χ2v) is 8.89. The number of ether oxygens (including phenoxy) is 1. The Morgan fingerprint density at radius 1 is 1.24 bits per heavy atom. The maximum Gasteiger partial charge on any atom is 0.336 e. The van der Waals surface area contributed by atoms with Gasteiger partial charge in [0.2, 0.25) is 0 Å². The van der Waals surface area contributed by atoms with Crippen LogP contribution in [0.4, 0.5) is 0 Å². The summed E-state index contributed by atoms with van der Waals surface area (Å²) in [6.45, 7) is 3.84. The van der Waals surface area contributed by atoms with Crippen molar-refractivity contribution in [1.82, 2.24) is 0 Å². The number of benzene rings is 1. The van der Waals surface area contributed by atoms with E-state index in [1.54, 1.807) is 6.07 Å². The number of esters is 1. The van der Waals surface area contributed by atoms with Crippen LogP contribution < -0.4 is 5.63 Å². The summed E-state index contributed by atoms with van der Waals surface area (Å²) in [5.41, 5.74) is 2.60. The van der Waals surface area contributed by atoms with Crippen molar-refractivity contribution in [3.05, 3.63) is 45.3 Å². The van der Waals surface area contributed by atoms with E-state index in [0.29, 0.717) is 17.6 Å². The van der Waals surface area contributed by atoms with Crippen molar-refractivity contribution < 1.29 is 22.4 Å². The largest absolute Gasteiger partial charge is 0.461 e. The molecule has 1 fully saturated rings. The molecular formula is C18H20O6S. The van der Waals surface area contributed by atoms with Crippen LogP contribution in [-0.4, -0.2) is 25.9 Å². The van der Waals surface area contributed by atoms with E-state index in [2.05, 4.69) is 0 Å². The van der Waals surface area contributed by atoms with E-state index < -0.39 is 21.4 Å². The molecule has 1 aliphatic rings. The van der Waals surface area contributed by atoms with Crippen molar-refractivity contribution in [2.24, 2.45) is 5.92 Å². The predicted octanol–water partition coefficient (Wildman–Crippen LogP) is 2.28. The molecule has 2 heterocycles. The lowest BCUT2D eigenvalue weighted by atomic mass is 10.0. The van der Waals surface area contributed by atoms with E-state index in [4.69, 9.17) is 9.15 Å². The summed E-state index contributed by atoms with van der Waals surface area (Å²) in [6, 6.07) is 5.02. The van der Waals surface area contributed by atoms with E-state index >= 15 is 0 Å². The van der Waals surface area contributed by atoms with Crippen molar-refractivity contribution in [2.75, 3.05) is 11.5 Å². The molecular weight excluding hydrogens is 344 g/mol. The average Bonchev–Trinajstić information content (AvgIpc) is 2.85. The summed E-state index contributed by atoms with van der Waals surface area (Å²) in [7, 11) is -3.01. The molecule has 134 valence electrons. The molecule has 0 saturated carbocycles. The average molecular weight is 364 g/mol. The number of fused-ring (bicyclic) bond motifs is 1. The molecule has 0 N–H and O–H groups in total. The molecule has 7 heteroatoms. The first-order chi connectivity index (χ1) is 11.7. The monoisotopic (exact) mass is 364 g/mol. The number of hydrogen-bond donors (Lipinski definition) is 0. The Balaban J connectivity index is 1.73. The lowest BCUT2D eigenvalue weighted by molar-refractivity contribution is -0.145. The van der Waals surface area contributed by atoms with Gasteiger partial charge in [-0.1, -0.05) is 0 Å². The fourth-order valence-electron chi connectivity index (χ4n) is 3.09. The first-order valence-electron chi connectivity index (χ1n) is 8.13. The minimum atomic E-state index is -3.01. The number of aryl methyl sites for hydroxylation is 2. The molecule has 6 nitrogen and oxygen atoms in total. The molecule has 0 bridgehead atoms. The highest BCUT2D eigenvalue weighted by atomic mass is 32.2. The topological polar surface area (TPSA) is 90.7 Å². The zero-order valence-electron chi connectivity index (χ0n) is 14.2. The predicted molar refractivity (Wildman–Crippen MR) is 93.1 cm³/mol. The third-order valence-electron chi connectivity index (χ3n) is 4.62. The Kier molecular flexibility index (Phi) is 4.69. The Bertz CT molecular complexity index is 987. The van der Waals surface area contributed by atoms with E-state index in [-0.39, 0.29) is 30.5 Å². The summed E-state index contributed by atoms with van der Waals surface area (Å²) in [5, 5.41) is 0.735. The van der Waals surface area contributed by atoms with E-state index in [1.165, 1.54) is 6.07 Å². The first-order valence-corrected chi connectivity index (χ1v) is 9.96. The van der Waals surface area contributed by atoms with Gasteiger partial charge in [-0.15, -0.1) is 0 Å². The number of sulfone groups is 1. The van der Waals surface area contributed by atoms with Gasteiger partial charge in [0.15, 0.2) is 9.84 Å². The van der Waals surface area contributed by atoms with Crippen LogP contribution in [0, 0.1) is 19.8 Å². The standard InChI is InChI=1S/C18H20O6S/c1-11-5-15-14(8-18(20)24-16(15)6-12(11)2)9-23-17(19)7-13-3-4-25(21,22)10-13/h5-6,8,13H,3-4,7,9-10H2,1-2H3/t13-/m0/s1. The van der Waals surface area contributed by atoms with Crippen molar-refractivity contribution in [3.8, 4) is 0 Å². The number of rotatable bonds is 4. The van der Waals surface area contributed by atoms with E-state index in [1.807, 2.05) is 19.9 Å². The van der Waals surface area contributed by atoms with Gasteiger partial charge in [0.25, 0.3) is 0 Å². The SMILES string of the molecule is Cc1cc2oc(=O)cc(COC(=O)C[C@@H]3CCS(=O)(=O)C3)c2cc1C. The highest BCUT2D eigenvalue weighted by Gasteiger charge is 2.29. The summed E-state index contributed by atoms with van der Waals surface area (Å²) < 4.78 is 33.4. The molecule has 0 spiro atoms. The van der Waals surface area contributed by atoms with Crippen LogP contribution in [0.5, 0.6) is 0 Å². The molecule has 1 saturated heterocycles. The molecule has 0 amide bonds. The second-order valence-electron chi connectivity index (χ2n) is 6.66. The lowest BCUT2D eigenvalue weighted by Crippen LogP contribution is -2.13. The Labute approximate surface area is 145 Å². The first kappa shape index (κ1) is 17.7. The van der Waals surface area contributed by atoms with Crippen LogP contribution >= 0.6 is 0 Å². The van der Waals surface area contributed by atoms with Crippen molar-refractivity contribution in [2.45, 2.75) is 33.3 Å². The minimum absolute atomic E-state index is 0.0388. The van der Waals surface area contributed by atoms with Gasteiger partial charge in [-0.3, -0.25) is 4.79 Å². The molecule has 0 unspecified atom stereocenters. The zero-order chi connectivity index (χ0) is 18.2. The maximum absolute atomic E-state index is 12.0. The Hall–Kier alpha value is -2.15. The summed E-state index contributed by atoms with van der Waals surface area (Å²) in [4.78, 5) is 23.7. The maximum atomic E-state index is 12.0. The van der Waals surface area contributed by atoms with Gasteiger partial charge in [0, 0.05) is 23.4 Å². The lowest BCUT2D eigenvalue weighted by Gasteiger charge is -2.10. The minimum Gasteiger partial charge on any atom is -0.461 e. The fourth-order valence-corrected chi connectivity index (χ4v) is 4.95. The smallest absolute Gasteiger partial charge is 0.336 e. The number of carbonyl (C=O) groups excluding carboxylic acids is 1. The van der Waals surface area contributed by atoms with Crippen LogP contribution in [-0.2, 0) is 26.0 Å². The van der Waals surface area contributed by atoms with Gasteiger partial charge >= 0.3 is 11.6 Å². The third kappa shape index (κ3) is 4.10. The van der Waals surface area contributed by atoms with Crippen LogP contribution in [0.25, 0.3) is 11.0 Å². The molecule has 25 heavy (non-hydrogen) atoms. The summed E-state index contributed by atoms with van der Waals surface area (Å²) >= 11 is 0. The van der Waals surface area contributed by atoms with E-state index in [9.17, 15) is 18.0 Å². The fraction of sp³-hybridized carbons (Fsp3) is 0.444. The van der Waals surface area contributed by atoms with Crippen LogP contribution in [0.15, 0.2) is 27.4 Å². The Morgan fingerprint density at radius 2 is 1.96 bits per heavy atom. The highest BCUT2D eigenvalue weighted by molar-refractivity contribution is 7.91. The molecule has 3 rings (SSSR count). The zero-order valence-corrected chi connectivity index (χ0v) is 15.0. The van der Waals surface area contributed by atoms with Gasteiger partial charge in [0.05, 0.1) is 11.5 Å². The van der Waals surface area contributed by atoms with Crippen molar-refractivity contribution in [1.29, 1.82) is 0 Å². The van der Waals surface area contributed by atoms with Gasteiger partial charge in [-0.05, 0) is 49.4 Å². The number of hydrogen-bond acceptors (Lipinski definition) is 6. The molecule has 0 radical (unpaired) electrons.